The van der Waals surface area contributed by atoms with Crippen molar-refractivity contribution in [2.75, 3.05) is 23.3 Å². The lowest BCUT2D eigenvalue weighted by molar-refractivity contribution is 0.438. The molecular formula is C21H28N4S. The van der Waals surface area contributed by atoms with E-state index in [4.69, 9.17) is 12.2 Å². The number of piperidine rings is 1. The fourth-order valence-electron chi connectivity index (χ4n) is 3.28. The first-order chi connectivity index (χ1) is 12.5. The topological polar surface area (TPSA) is 40.2 Å². The van der Waals surface area contributed by atoms with Crippen molar-refractivity contribution in [3.8, 4) is 0 Å². The van der Waals surface area contributed by atoms with Crippen molar-refractivity contribution in [2.45, 2.75) is 39.7 Å². The predicted molar refractivity (Wildman–Crippen MR) is 114 cm³/mol. The smallest absolute Gasteiger partial charge is 0.172 e. The van der Waals surface area contributed by atoms with Crippen LogP contribution >= 0.6 is 12.2 Å². The van der Waals surface area contributed by atoms with Crippen molar-refractivity contribution in [3.05, 3.63) is 53.7 Å². The molecule has 0 aliphatic carbocycles. The summed E-state index contributed by atoms with van der Waals surface area (Å²) in [5.74, 6) is 1.62. The second kappa shape index (κ2) is 8.49. The third-order valence-corrected chi connectivity index (χ3v) is 5.27. The van der Waals surface area contributed by atoms with Gasteiger partial charge in [-0.2, -0.15) is 0 Å². The largest absolute Gasteiger partial charge is 0.372 e. The lowest BCUT2D eigenvalue weighted by Gasteiger charge is -2.32. The molecule has 0 spiro atoms. The lowest BCUT2D eigenvalue weighted by Crippen LogP contribution is -2.33. The molecule has 26 heavy (non-hydrogen) atoms. The fraction of sp³-hybridized carbons (Fsp3) is 0.429. The number of nitrogens with zero attached hydrogens (tertiary/aromatic N) is 2. The van der Waals surface area contributed by atoms with Gasteiger partial charge in [0.2, 0.25) is 0 Å². The molecule has 2 heterocycles. The van der Waals surface area contributed by atoms with E-state index in [1.54, 1.807) is 6.20 Å². The van der Waals surface area contributed by atoms with Crippen LogP contribution in [0.25, 0.3) is 0 Å². The zero-order chi connectivity index (χ0) is 18.5. The van der Waals surface area contributed by atoms with Gasteiger partial charge in [0.15, 0.2) is 5.11 Å². The Bertz CT molecular complexity index is 736. The van der Waals surface area contributed by atoms with Crippen LogP contribution < -0.4 is 15.5 Å². The first kappa shape index (κ1) is 18.6. The molecule has 1 saturated heterocycles. The number of hydrogen-bond donors (Lipinski definition) is 2. The summed E-state index contributed by atoms with van der Waals surface area (Å²) in [6, 6.07) is 12.9. The van der Waals surface area contributed by atoms with Crippen LogP contribution in [0.5, 0.6) is 0 Å². The molecule has 3 rings (SSSR count). The zero-order valence-corrected chi connectivity index (χ0v) is 16.6. The fourth-order valence-corrected chi connectivity index (χ4v) is 3.56. The average Bonchev–Trinajstić information content (AvgIpc) is 2.62. The molecule has 2 aromatic rings. The minimum absolute atomic E-state index is 0.134. The van der Waals surface area contributed by atoms with E-state index in [1.165, 1.54) is 24.1 Å². The summed E-state index contributed by atoms with van der Waals surface area (Å²) >= 11 is 5.42. The maximum absolute atomic E-state index is 5.42. The molecule has 1 aromatic carbocycles. The van der Waals surface area contributed by atoms with Crippen molar-refractivity contribution in [1.29, 1.82) is 0 Å². The van der Waals surface area contributed by atoms with Gasteiger partial charge in [-0.25, -0.2) is 4.98 Å². The molecule has 1 atom stereocenters. The van der Waals surface area contributed by atoms with Crippen molar-refractivity contribution < 1.29 is 0 Å². The molecular weight excluding hydrogens is 340 g/mol. The third kappa shape index (κ3) is 4.94. The monoisotopic (exact) mass is 368 g/mol. The SMILES string of the molecule is Cc1ccnc(NC(=S)NC(C)c2ccc(N3CCC(C)CC3)cc2)c1. The Kier molecular flexibility index (Phi) is 6.09. The van der Waals surface area contributed by atoms with Gasteiger partial charge in [-0.05, 0) is 80.2 Å². The number of nitrogens with one attached hydrogen (secondary N) is 2. The number of benzene rings is 1. The molecule has 5 heteroatoms. The van der Waals surface area contributed by atoms with Gasteiger partial charge in [0, 0.05) is 25.0 Å². The highest BCUT2D eigenvalue weighted by atomic mass is 32.1. The van der Waals surface area contributed by atoms with E-state index >= 15 is 0 Å². The Morgan fingerprint density at radius 2 is 1.88 bits per heavy atom. The van der Waals surface area contributed by atoms with Crippen LogP contribution in [0.2, 0.25) is 0 Å². The zero-order valence-electron chi connectivity index (χ0n) is 15.8. The molecule has 4 nitrogen and oxygen atoms in total. The quantitative estimate of drug-likeness (QED) is 0.767. The Hall–Kier alpha value is -2.14. The molecule has 1 aliphatic heterocycles. The molecule has 1 fully saturated rings. The van der Waals surface area contributed by atoms with Crippen LogP contribution in [0, 0.1) is 12.8 Å². The van der Waals surface area contributed by atoms with E-state index in [9.17, 15) is 0 Å². The Labute approximate surface area is 162 Å². The van der Waals surface area contributed by atoms with Crippen molar-refractivity contribution in [1.82, 2.24) is 10.3 Å². The van der Waals surface area contributed by atoms with E-state index in [-0.39, 0.29) is 6.04 Å². The highest BCUT2D eigenvalue weighted by Crippen LogP contribution is 2.24. The maximum Gasteiger partial charge on any atom is 0.172 e. The molecule has 0 radical (unpaired) electrons. The Morgan fingerprint density at radius 1 is 1.19 bits per heavy atom. The van der Waals surface area contributed by atoms with Crippen molar-refractivity contribution in [2.24, 2.45) is 5.92 Å². The van der Waals surface area contributed by atoms with Gasteiger partial charge in [0.1, 0.15) is 5.82 Å². The molecule has 1 aliphatic rings. The normalized spacial score (nSPS) is 16.2. The number of anilines is 2. The van der Waals surface area contributed by atoms with Crippen LogP contribution in [0.15, 0.2) is 42.6 Å². The molecule has 1 aromatic heterocycles. The molecule has 0 bridgehead atoms. The van der Waals surface area contributed by atoms with Crippen LogP contribution in [0.3, 0.4) is 0 Å². The van der Waals surface area contributed by atoms with Crippen molar-refractivity contribution >= 4 is 28.8 Å². The molecule has 2 N–H and O–H groups in total. The predicted octanol–water partition coefficient (Wildman–Crippen LogP) is 4.67. The molecule has 1 unspecified atom stereocenters. The van der Waals surface area contributed by atoms with Crippen LogP contribution in [-0.4, -0.2) is 23.2 Å². The number of rotatable bonds is 4. The summed E-state index contributed by atoms with van der Waals surface area (Å²) in [6.45, 7) is 8.82. The first-order valence-corrected chi connectivity index (χ1v) is 9.77. The number of aryl methyl sites for hydroxylation is 1. The number of aromatic nitrogens is 1. The standard InChI is InChI=1S/C21H28N4S/c1-15-9-12-25(13-10-15)19-6-4-18(5-7-19)17(3)23-21(26)24-20-14-16(2)8-11-22-20/h4-8,11,14-15,17H,9-10,12-13H2,1-3H3,(H2,22,23,24,26). The Morgan fingerprint density at radius 3 is 2.54 bits per heavy atom. The summed E-state index contributed by atoms with van der Waals surface area (Å²) in [4.78, 5) is 6.77. The van der Waals surface area contributed by atoms with Crippen molar-refractivity contribution in [3.63, 3.8) is 0 Å². The third-order valence-electron chi connectivity index (χ3n) is 5.05. The highest BCUT2D eigenvalue weighted by molar-refractivity contribution is 7.80. The summed E-state index contributed by atoms with van der Waals surface area (Å²) in [5.41, 5.74) is 3.69. The summed E-state index contributed by atoms with van der Waals surface area (Å²) in [7, 11) is 0. The average molecular weight is 369 g/mol. The number of pyridine rings is 1. The van der Waals surface area contributed by atoms with Gasteiger partial charge in [-0.15, -0.1) is 0 Å². The summed E-state index contributed by atoms with van der Waals surface area (Å²) < 4.78 is 0. The second-order valence-electron chi connectivity index (χ2n) is 7.30. The first-order valence-electron chi connectivity index (χ1n) is 9.36. The maximum atomic E-state index is 5.42. The van der Waals surface area contributed by atoms with E-state index in [2.05, 4.69) is 58.6 Å². The molecule has 0 amide bonds. The van der Waals surface area contributed by atoms with E-state index in [1.807, 2.05) is 19.1 Å². The molecule has 138 valence electrons. The van der Waals surface area contributed by atoms with E-state index in [0.717, 1.165) is 30.4 Å². The van der Waals surface area contributed by atoms with Gasteiger partial charge in [-0.1, -0.05) is 19.1 Å². The number of thiocarbonyl (C=S) groups is 1. The summed E-state index contributed by atoms with van der Waals surface area (Å²) in [6.07, 6.45) is 4.35. The summed E-state index contributed by atoms with van der Waals surface area (Å²) in [5, 5.41) is 7.07. The van der Waals surface area contributed by atoms with E-state index in [0.29, 0.717) is 5.11 Å². The van der Waals surface area contributed by atoms with Crippen LogP contribution in [-0.2, 0) is 0 Å². The molecule has 0 saturated carbocycles. The minimum Gasteiger partial charge on any atom is -0.372 e. The van der Waals surface area contributed by atoms with Gasteiger partial charge >= 0.3 is 0 Å². The van der Waals surface area contributed by atoms with Gasteiger partial charge in [0.25, 0.3) is 0 Å². The highest BCUT2D eigenvalue weighted by Gasteiger charge is 2.16. The minimum atomic E-state index is 0.134. The van der Waals surface area contributed by atoms with Gasteiger partial charge in [-0.3, -0.25) is 0 Å². The van der Waals surface area contributed by atoms with Crippen LogP contribution in [0.1, 0.15) is 43.9 Å². The van der Waals surface area contributed by atoms with Gasteiger partial charge < -0.3 is 15.5 Å². The van der Waals surface area contributed by atoms with Crippen LogP contribution in [0.4, 0.5) is 11.5 Å². The Balaban J connectivity index is 1.56. The second-order valence-corrected chi connectivity index (χ2v) is 7.71. The lowest BCUT2D eigenvalue weighted by atomic mass is 9.98. The van der Waals surface area contributed by atoms with E-state index < -0.39 is 0 Å². The number of hydrogen-bond acceptors (Lipinski definition) is 3. The van der Waals surface area contributed by atoms with Gasteiger partial charge in [0.05, 0.1) is 6.04 Å².